The number of aromatic hydroxyl groups is 1. The van der Waals surface area contributed by atoms with Crippen LogP contribution in [0, 0.1) is 6.92 Å². The van der Waals surface area contributed by atoms with Crippen LogP contribution < -0.4 is 9.47 Å². The molecule has 3 heterocycles. The normalized spacial score (nSPS) is 21.1. The monoisotopic (exact) mass is 432 g/mol. The van der Waals surface area contributed by atoms with E-state index in [1.807, 2.05) is 32.0 Å². The van der Waals surface area contributed by atoms with Crippen LogP contribution in [-0.4, -0.2) is 63.6 Å². The molecule has 1 aromatic carbocycles. The second kappa shape index (κ2) is 8.41. The van der Waals surface area contributed by atoms with Gasteiger partial charge >= 0.3 is 0 Å². The molecule has 0 aliphatic carbocycles. The quantitative estimate of drug-likeness (QED) is 0.639. The van der Waals surface area contributed by atoms with E-state index < -0.39 is 0 Å². The number of fused-ring (bicyclic) bond motifs is 1. The van der Waals surface area contributed by atoms with Crippen LogP contribution >= 0.6 is 11.3 Å². The average Bonchev–Trinajstić information content (AvgIpc) is 3.20. The molecular formula is C21H28N4O4S. The Kier molecular flexibility index (Phi) is 5.86. The van der Waals surface area contributed by atoms with Crippen LogP contribution in [0.5, 0.6) is 17.4 Å². The maximum atomic E-state index is 11.0. The molecule has 3 aromatic rings. The zero-order valence-electron chi connectivity index (χ0n) is 18.0. The highest BCUT2D eigenvalue weighted by atomic mass is 32.1. The van der Waals surface area contributed by atoms with Crippen molar-refractivity contribution in [2.24, 2.45) is 0 Å². The number of methoxy groups -OCH3 is 1. The van der Waals surface area contributed by atoms with Gasteiger partial charge in [0.05, 0.1) is 36.8 Å². The van der Waals surface area contributed by atoms with Crippen molar-refractivity contribution < 1.29 is 19.3 Å². The molecule has 1 fully saturated rings. The topological polar surface area (TPSA) is 81.4 Å². The van der Waals surface area contributed by atoms with Gasteiger partial charge in [-0.3, -0.25) is 4.90 Å². The predicted octanol–water partition coefficient (Wildman–Crippen LogP) is 3.41. The van der Waals surface area contributed by atoms with Crippen molar-refractivity contribution in [3.05, 3.63) is 34.5 Å². The van der Waals surface area contributed by atoms with Gasteiger partial charge < -0.3 is 19.3 Å². The number of thiazole rings is 1. The zero-order chi connectivity index (χ0) is 21.4. The minimum atomic E-state index is -0.183. The molecule has 1 N–H and O–H groups in total. The molecule has 1 aliphatic heterocycles. The van der Waals surface area contributed by atoms with Gasteiger partial charge in [-0.15, -0.1) is 5.10 Å². The van der Waals surface area contributed by atoms with Crippen molar-refractivity contribution in [3.8, 4) is 17.4 Å². The van der Waals surface area contributed by atoms with Crippen molar-refractivity contribution in [1.29, 1.82) is 0 Å². The first-order valence-electron chi connectivity index (χ1n) is 10.2. The first-order valence-corrected chi connectivity index (χ1v) is 11.0. The largest absolute Gasteiger partial charge is 0.493 e. The number of nitrogens with zero attached hydrogens (tertiary/aromatic N) is 4. The summed E-state index contributed by atoms with van der Waals surface area (Å²) in [6, 6.07) is 5.76. The summed E-state index contributed by atoms with van der Waals surface area (Å²) in [5, 5.41) is 15.4. The Morgan fingerprint density at radius 3 is 2.63 bits per heavy atom. The van der Waals surface area contributed by atoms with E-state index in [0.29, 0.717) is 28.9 Å². The van der Waals surface area contributed by atoms with Gasteiger partial charge in [-0.1, -0.05) is 17.4 Å². The Hall–Kier alpha value is -2.36. The summed E-state index contributed by atoms with van der Waals surface area (Å²) >= 11 is 1.46. The maximum Gasteiger partial charge on any atom is 0.230 e. The molecule has 9 heteroatoms. The van der Waals surface area contributed by atoms with E-state index in [1.165, 1.54) is 15.9 Å². The highest BCUT2D eigenvalue weighted by Gasteiger charge is 2.34. The molecule has 8 nitrogen and oxygen atoms in total. The van der Waals surface area contributed by atoms with Gasteiger partial charge in [0.15, 0.2) is 11.5 Å². The van der Waals surface area contributed by atoms with E-state index >= 15 is 0 Å². The van der Waals surface area contributed by atoms with Gasteiger partial charge in [-0.25, -0.2) is 4.98 Å². The van der Waals surface area contributed by atoms with Crippen LogP contribution in [0.25, 0.3) is 4.96 Å². The van der Waals surface area contributed by atoms with Crippen molar-refractivity contribution in [2.75, 3.05) is 26.8 Å². The number of aryl methyl sites for hydroxylation is 1. The molecule has 30 heavy (non-hydrogen) atoms. The number of hydrogen-bond donors (Lipinski definition) is 1. The van der Waals surface area contributed by atoms with E-state index in [0.717, 1.165) is 23.5 Å². The number of benzene rings is 1. The third-order valence-corrected chi connectivity index (χ3v) is 6.24. The lowest BCUT2D eigenvalue weighted by atomic mass is 10.0. The van der Waals surface area contributed by atoms with Crippen LogP contribution in [0.4, 0.5) is 0 Å². The fourth-order valence-corrected chi connectivity index (χ4v) is 5.27. The molecule has 0 spiro atoms. The van der Waals surface area contributed by atoms with Crippen LogP contribution in [0.3, 0.4) is 0 Å². The van der Waals surface area contributed by atoms with E-state index in [-0.39, 0.29) is 24.1 Å². The third-order valence-electron chi connectivity index (χ3n) is 5.17. The lowest BCUT2D eigenvalue weighted by Crippen LogP contribution is -2.47. The van der Waals surface area contributed by atoms with E-state index in [1.54, 1.807) is 7.11 Å². The van der Waals surface area contributed by atoms with Gasteiger partial charge in [0, 0.05) is 13.1 Å². The highest BCUT2D eigenvalue weighted by molar-refractivity contribution is 7.17. The molecule has 162 valence electrons. The first-order chi connectivity index (χ1) is 14.4. The van der Waals surface area contributed by atoms with Gasteiger partial charge in [-0.2, -0.15) is 4.52 Å². The molecule has 0 radical (unpaired) electrons. The number of aromatic nitrogens is 3. The fourth-order valence-electron chi connectivity index (χ4n) is 4.11. The third kappa shape index (κ3) is 3.84. The average molecular weight is 433 g/mol. The summed E-state index contributed by atoms with van der Waals surface area (Å²) in [5.41, 5.74) is 1.01. The molecule has 2 aromatic heterocycles. The Morgan fingerprint density at radius 1 is 1.27 bits per heavy atom. The fraction of sp³-hybridized carbons (Fsp3) is 0.524. The summed E-state index contributed by atoms with van der Waals surface area (Å²) in [5.74, 6) is 2.13. The van der Waals surface area contributed by atoms with E-state index in [4.69, 9.17) is 14.2 Å². The highest BCUT2D eigenvalue weighted by Crippen LogP contribution is 2.43. The minimum absolute atomic E-state index is 0.0902. The first kappa shape index (κ1) is 20.9. The van der Waals surface area contributed by atoms with Crippen molar-refractivity contribution in [3.63, 3.8) is 0 Å². The van der Waals surface area contributed by atoms with Crippen molar-refractivity contribution in [1.82, 2.24) is 19.5 Å². The second-order valence-corrected chi connectivity index (χ2v) is 8.61. The van der Waals surface area contributed by atoms with Crippen LogP contribution in [0.1, 0.15) is 43.1 Å². The summed E-state index contributed by atoms with van der Waals surface area (Å²) in [6.45, 7) is 9.97. The van der Waals surface area contributed by atoms with Crippen LogP contribution in [-0.2, 0) is 4.74 Å². The van der Waals surface area contributed by atoms with E-state index in [2.05, 4.69) is 28.8 Å². The predicted molar refractivity (Wildman–Crippen MR) is 115 cm³/mol. The molecule has 0 saturated carbocycles. The van der Waals surface area contributed by atoms with Crippen LogP contribution in [0.15, 0.2) is 18.2 Å². The second-order valence-electron chi connectivity index (χ2n) is 7.60. The molecule has 0 bridgehead atoms. The zero-order valence-corrected chi connectivity index (χ0v) is 18.8. The Morgan fingerprint density at radius 2 is 2.00 bits per heavy atom. The van der Waals surface area contributed by atoms with Crippen LogP contribution in [0.2, 0.25) is 0 Å². The molecule has 0 amide bonds. The Balaban J connectivity index is 1.83. The minimum Gasteiger partial charge on any atom is -0.493 e. The molecule has 4 rings (SSSR count). The molecule has 1 aliphatic rings. The van der Waals surface area contributed by atoms with E-state index in [9.17, 15) is 5.11 Å². The summed E-state index contributed by atoms with van der Waals surface area (Å²) < 4.78 is 18.7. The number of ether oxygens (including phenoxy) is 3. The molecule has 3 atom stereocenters. The SMILES string of the molecule is CCOc1ccc(C(c2sc3nc(C)nn3c2O)N2CC(C)OC(C)C2)cc1OC. The molecule has 1 saturated heterocycles. The number of rotatable bonds is 6. The summed E-state index contributed by atoms with van der Waals surface area (Å²) in [4.78, 5) is 8.26. The number of hydrogen-bond acceptors (Lipinski definition) is 8. The van der Waals surface area contributed by atoms with Gasteiger partial charge in [0.25, 0.3) is 0 Å². The lowest BCUT2D eigenvalue weighted by molar-refractivity contribution is -0.0764. The van der Waals surface area contributed by atoms with Gasteiger partial charge in [-0.05, 0) is 45.4 Å². The summed E-state index contributed by atoms with van der Waals surface area (Å²) in [6.07, 6.45) is 0.180. The number of morpholine rings is 1. The molecule has 3 unspecified atom stereocenters. The van der Waals surface area contributed by atoms with Gasteiger partial charge in [0.2, 0.25) is 10.8 Å². The smallest absolute Gasteiger partial charge is 0.230 e. The maximum absolute atomic E-state index is 11.0. The standard InChI is InChI=1S/C21H28N4O4S/c1-6-28-16-8-7-15(9-17(16)27-5)18(24-10-12(2)29-13(3)11-24)19-20(26)25-21(30-19)22-14(4)23-25/h7-9,12-13,18,26H,6,10-11H2,1-5H3. The Labute approximate surface area is 180 Å². The van der Waals surface area contributed by atoms with Gasteiger partial charge in [0.1, 0.15) is 5.82 Å². The van der Waals surface area contributed by atoms with Crippen molar-refractivity contribution >= 4 is 16.3 Å². The molecular weight excluding hydrogens is 404 g/mol. The Bertz CT molecular complexity index is 1020. The van der Waals surface area contributed by atoms with Crippen molar-refractivity contribution in [2.45, 2.75) is 45.9 Å². The lowest BCUT2D eigenvalue weighted by Gasteiger charge is -2.40. The summed E-state index contributed by atoms with van der Waals surface area (Å²) in [7, 11) is 1.64.